The Morgan fingerprint density at radius 1 is 1.57 bits per heavy atom. The van der Waals surface area contributed by atoms with Crippen molar-refractivity contribution in [2.24, 2.45) is 11.8 Å². The van der Waals surface area contributed by atoms with Gasteiger partial charge in [0, 0.05) is 26.2 Å². The highest BCUT2D eigenvalue weighted by molar-refractivity contribution is 5.76. The maximum absolute atomic E-state index is 11.0. The van der Waals surface area contributed by atoms with E-state index in [9.17, 15) is 4.79 Å². The molecular weight excluding hydrogens is 178 g/mol. The highest BCUT2D eigenvalue weighted by Gasteiger charge is 2.18. The first-order chi connectivity index (χ1) is 6.68. The number of amides is 1. The Balaban J connectivity index is 2.03. The van der Waals surface area contributed by atoms with Gasteiger partial charge in [-0.2, -0.15) is 0 Å². The quantitative estimate of drug-likeness (QED) is 0.683. The van der Waals surface area contributed by atoms with Gasteiger partial charge in [-0.25, -0.2) is 0 Å². The third-order valence-corrected chi connectivity index (χ3v) is 2.54. The van der Waals surface area contributed by atoms with E-state index < -0.39 is 0 Å². The molecule has 1 aliphatic heterocycles. The summed E-state index contributed by atoms with van der Waals surface area (Å²) in [5, 5.41) is 2.83. The number of hydrogen-bond donors (Lipinski definition) is 1. The average molecular weight is 199 g/mol. The molecule has 0 spiro atoms. The van der Waals surface area contributed by atoms with Gasteiger partial charge in [0.05, 0.1) is 0 Å². The summed E-state index contributed by atoms with van der Waals surface area (Å²) in [5.41, 5.74) is 0. The molecule has 0 bridgehead atoms. The summed E-state index contributed by atoms with van der Waals surface area (Å²) in [6.07, 6.45) is 2.81. The van der Waals surface area contributed by atoms with E-state index in [2.05, 4.69) is 19.2 Å². The van der Waals surface area contributed by atoms with Crippen molar-refractivity contribution in [1.29, 1.82) is 0 Å². The number of carbonyl (C=O) groups is 1. The van der Waals surface area contributed by atoms with Crippen LogP contribution in [0.15, 0.2) is 0 Å². The van der Waals surface area contributed by atoms with Gasteiger partial charge >= 0.3 is 0 Å². The van der Waals surface area contributed by atoms with Gasteiger partial charge in [0.25, 0.3) is 0 Å². The number of nitrogens with one attached hydrogen (secondary N) is 1. The second-order valence-electron chi connectivity index (χ2n) is 4.47. The van der Waals surface area contributed by atoms with Crippen LogP contribution in [0.4, 0.5) is 0 Å². The Hall–Kier alpha value is -0.570. The van der Waals surface area contributed by atoms with E-state index in [1.807, 2.05) is 0 Å². The maximum Gasteiger partial charge on any atom is 0.220 e. The summed E-state index contributed by atoms with van der Waals surface area (Å²) in [6, 6.07) is 0. The van der Waals surface area contributed by atoms with Crippen molar-refractivity contribution in [1.82, 2.24) is 5.32 Å². The molecule has 0 aromatic carbocycles. The zero-order chi connectivity index (χ0) is 10.4. The molecule has 0 aliphatic carbocycles. The van der Waals surface area contributed by atoms with Crippen LogP contribution in [0, 0.1) is 11.8 Å². The Bertz CT molecular complexity index is 180. The van der Waals surface area contributed by atoms with E-state index in [1.54, 1.807) is 0 Å². The van der Waals surface area contributed by atoms with E-state index >= 15 is 0 Å². The van der Waals surface area contributed by atoms with Gasteiger partial charge in [0.15, 0.2) is 0 Å². The van der Waals surface area contributed by atoms with Gasteiger partial charge in [-0.15, -0.1) is 0 Å². The van der Waals surface area contributed by atoms with Crippen LogP contribution in [-0.4, -0.2) is 25.7 Å². The summed E-state index contributed by atoms with van der Waals surface area (Å²) in [5.74, 6) is 1.31. The molecular formula is C11H21NO2. The van der Waals surface area contributed by atoms with Crippen LogP contribution >= 0.6 is 0 Å². The maximum atomic E-state index is 11.0. The minimum absolute atomic E-state index is 0.175. The number of rotatable bonds is 5. The molecule has 1 heterocycles. The van der Waals surface area contributed by atoms with Gasteiger partial charge in [-0.3, -0.25) is 4.79 Å². The Morgan fingerprint density at radius 3 is 3.00 bits per heavy atom. The number of ether oxygens (including phenoxy) is 1. The molecule has 1 rings (SSSR count). The standard InChI is InChI=1S/C11H21NO2/c1-9(2)4-6-14-8-10-3-5-12-11(13)7-10/h9-10H,3-8H2,1-2H3,(H,12,13)/t10-/m0/s1. The van der Waals surface area contributed by atoms with Crippen molar-refractivity contribution in [3.05, 3.63) is 0 Å². The second kappa shape index (κ2) is 6.02. The van der Waals surface area contributed by atoms with E-state index in [4.69, 9.17) is 4.74 Å². The second-order valence-corrected chi connectivity index (χ2v) is 4.47. The van der Waals surface area contributed by atoms with E-state index in [1.165, 1.54) is 0 Å². The summed E-state index contributed by atoms with van der Waals surface area (Å²) in [7, 11) is 0. The molecule has 0 radical (unpaired) electrons. The average Bonchev–Trinajstić information content (AvgIpc) is 2.12. The van der Waals surface area contributed by atoms with Crippen molar-refractivity contribution in [3.8, 4) is 0 Å². The zero-order valence-corrected chi connectivity index (χ0v) is 9.21. The molecule has 1 amide bonds. The predicted octanol–water partition coefficient (Wildman–Crippen LogP) is 1.58. The Morgan fingerprint density at radius 2 is 2.36 bits per heavy atom. The minimum atomic E-state index is 0.175. The van der Waals surface area contributed by atoms with Crippen LogP contribution < -0.4 is 5.32 Å². The number of piperidine rings is 1. The minimum Gasteiger partial charge on any atom is -0.381 e. The highest BCUT2D eigenvalue weighted by atomic mass is 16.5. The fraction of sp³-hybridized carbons (Fsp3) is 0.909. The molecule has 1 aliphatic rings. The molecule has 14 heavy (non-hydrogen) atoms. The van der Waals surface area contributed by atoms with Crippen LogP contribution in [-0.2, 0) is 9.53 Å². The normalized spacial score (nSPS) is 22.5. The first-order valence-corrected chi connectivity index (χ1v) is 5.53. The zero-order valence-electron chi connectivity index (χ0n) is 9.21. The van der Waals surface area contributed by atoms with E-state index in [0.29, 0.717) is 18.3 Å². The lowest BCUT2D eigenvalue weighted by atomic mass is 9.99. The molecule has 0 aromatic heterocycles. The molecule has 1 N–H and O–H groups in total. The Labute approximate surface area is 86.2 Å². The van der Waals surface area contributed by atoms with E-state index in [-0.39, 0.29) is 5.91 Å². The number of hydrogen-bond acceptors (Lipinski definition) is 2. The highest BCUT2D eigenvalue weighted by Crippen LogP contribution is 2.13. The van der Waals surface area contributed by atoms with Gasteiger partial charge in [0.2, 0.25) is 5.91 Å². The number of carbonyl (C=O) groups excluding carboxylic acids is 1. The van der Waals surface area contributed by atoms with Gasteiger partial charge in [-0.05, 0) is 24.7 Å². The van der Waals surface area contributed by atoms with Crippen molar-refractivity contribution < 1.29 is 9.53 Å². The first kappa shape index (κ1) is 11.5. The fourth-order valence-electron chi connectivity index (χ4n) is 1.56. The largest absolute Gasteiger partial charge is 0.381 e. The molecule has 1 atom stereocenters. The van der Waals surface area contributed by atoms with Crippen molar-refractivity contribution in [3.63, 3.8) is 0 Å². The first-order valence-electron chi connectivity index (χ1n) is 5.53. The van der Waals surface area contributed by atoms with Gasteiger partial charge in [0.1, 0.15) is 0 Å². The fourth-order valence-corrected chi connectivity index (χ4v) is 1.56. The predicted molar refractivity (Wildman–Crippen MR) is 56.0 cm³/mol. The third-order valence-electron chi connectivity index (χ3n) is 2.54. The molecule has 0 unspecified atom stereocenters. The summed E-state index contributed by atoms with van der Waals surface area (Å²) >= 11 is 0. The van der Waals surface area contributed by atoms with Crippen LogP contribution in [0.25, 0.3) is 0 Å². The Kier molecular flexibility index (Phi) is 4.94. The lowest BCUT2D eigenvalue weighted by Gasteiger charge is -2.21. The van der Waals surface area contributed by atoms with Crippen LogP contribution in [0.5, 0.6) is 0 Å². The molecule has 1 fully saturated rings. The lowest BCUT2D eigenvalue weighted by Crippen LogP contribution is -2.35. The van der Waals surface area contributed by atoms with Crippen LogP contribution in [0.1, 0.15) is 33.1 Å². The van der Waals surface area contributed by atoms with Crippen molar-refractivity contribution >= 4 is 5.91 Å². The van der Waals surface area contributed by atoms with Crippen molar-refractivity contribution in [2.45, 2.75) is 33.1 Å². The third kappa shape index (κ3) is 4.61. The summed E-state index contributed by atoms with van der Waals surface area (Å²) in [6.45, 7) is 6.78. The van der Waals surface area contributed by atoms with Gasteiger partial charge in [-0.1, -0.05) is 13.8 Å². The molecule has 3 nitrogen and oxygen atoms in total. The smallest absolute Gasteiger partial charge is 0.220 e. The molecule has 0 aromatic rings. The van der Waals surface area contributed by atoms with E-state index in [0.717, 1.165) is 32.6 Å². The van der Waals surface area contributed by atoms with Crippen molar-refractivity contribution in [2.75, 3.05) is 19.8 Å². The SMILES string of the molecule is CC(C)CCOC[C@H]1CCNC(=O)C1. The topological polar surface area (TPSA) is 38.3 Å². The lowest BCUT2D eigenvalue weighted by molar-refractivity contribution is -0.124. The summed E-state index contributed by atoms with van der Waals surface area (Å²) < 4.78 is 5.55. The molecule has 82 valence electrons. The van der Waals surface area contributed by atoms with Gasteiger partial charge < -0.3 is 10.1 Å². The van der Waals surface area contributed by atoms with Crippen LogP contribution in [0.3, 0.4) is 0 Å². The van der Waals surface area contributed by atoms with Crippen LogP contribution in [0.2, 0.25) is 0 Å². The monoisotopic (exact) mass is 199 g/mol. The summed E-state index contributed by atoms with van der Waals surface area (Å²) in [4.78, 5) is 11.0. The molecule has 3 heteroatoms. The molecule has 0 saturated carbocycles. The molecule has 1 saturated heterocycles.